The summed E-state index contributed by atoms with van der Waals surface area (Å²) in [5.74, 6) is 1.29. The van der Waals surface area contributed by atoms with E-state index < -0.39 is 0 Å². The number of aromatic nitrogens is 2. The Morgan fingerprint density at radius 3 is 2.81 bits per heavy atom. The number of carbonyl (C=O) groups is 1. The summed E-state index contributed by atoms with van der Waals surface area (Å²) in [5, 5.41) is 9.09. The van der Waals surface area contributed by atoms with Crippen LogP contribution in [0.2, 0.25) is 0 Å². The van der Waals surface area contributed by atoms with Gasteiger partial charge in [0.2, 0.25) is 0 Å². The summed E-state index contributed by atoms with van der Waals surface area (Å²) in [5.41, 5.74) is 3.93. The van der Waals surface area contributed by atoms with Crippen molar-refractivity contribution in [3.63, 3.8) is 0 Å². The maximum atomic E-state index is 11.1. The van der Waals surface area contributed by atoms with E-state index in [-0.39, 0.29) is 6.42 Å². The molecule has 3 aromatic rings. The van der Waals surface area contributed by atoms with Crippen LogP contribution in [0.4, 0.5) is 0 Å². The highest BCUT2D eigenvalue weighted by molar-refractivity contribution is 9.10. The summed E-state index contributed by atoms with van der Waals surface area (Å²) < 4.78 is 6.18. The molecule has 0 aliphatic rings. The Bertz CT molecular complexity index is 989. The van der Waals surface area contributed by atoms with Crippen LogP contribution in [-0.4, -0.2) is 23.4 Å². The van der Waals surface area contributed by atoms with Crippen molar-refractivity contribution in [2.45, 2.75) is 12.8 Å². The van der Waals surface area contributed by atoms with Crippen LogP contribution in [0.15, 0.2) is 46.9 Å². The van der Waals surface area contributed by atoms with E-state index in [1.54, 1.807) is 13.2 Å². The van der Waals surface area contributed by atoms with E-state index in [0.717, 1.165) is 39.1 Å². The molecular formula is C20H16BrN3O2. The van der Waals surface area contributed by atoms with Crippen molar-refractivity contribution in [2.75, 3.05) is 7.11 Å². The first-order valence-corrected chi connectivity index (χ1v) is 8.79. The summed E-state index contributed by atoms with van der Waals surface area (Å²) in [4.78, 5) is 19.0. The number of H-pyrrole nitrogens is 1. The van der Waals surface area contributed by atoms with Gasteiger partial charge in [-0.15, -0.1) is 0 Å². The number of nitriles is 1. The van der Waals surface area contributed by atoms with Crippen molar-refractivity contribution < 1.29 is 9.53 Å². The zero-order valence-electron chi connectivity index (χ0n) is 14.1. The molecule has 26 heavy (non-hydrogen) atoms. The number of aromatic amines is 1. The van der Waals surface area contributed by atoms with Gasteiger partial charge >= 0.3 is 0 Å². The highest BCUT2D eigenvalue weighted by atomic mass is 79.9. The Morgan fingerprint density at radius 2 is 2.12 bits per heavy atom. The number of nitrogens with one attached hydrogen (secondary N) is 1. The normalized spacial score (nSPS) is 10.3. The number of halogens is 1. The summed E-state index contributed by atoms with van der Waals surface area (Å²) in [6.07, 6.45) is 1.67. The molecule has 0 bridgehead atoms. The molecule has 1 aromatic heterocycles. The van der Waals surface area contributed by atoms with Crippen LogP contribution >= 0.6 is 15.9 Å². The first kappa shape index (κ1) is 17.9. The van der Waals surface area contributed by atoms with Gasteiger partial charge in [0, 0.05) is 28.6 Å². The monoisotopic (exact) mass is 409 g/mol. The van der Waals surface area contributed by atoms with Gasteiger partial charge in [0.15, 0.2) is 0 Å². The summed E-state index contributed by atoms with van der Waals surface area (Å²) in [7, 11) is 1.54. The molecule has 0 saturated heterocycles. The van der Waals surface area contributed by atoms with Gasteiger partial charge in [-0.25, -0.2) is 4.98 Å². The number of hydrogen-bond donors (Lipinski definition) is 1. The van der Waals surface area contributed by atoms with Crippen molar-refractivity contribution in [1.29, 1.82) is 5.26 Å². The zero-order chi connectivity index (χ0) is 18.5. The minimum Gasteiger partial charge on any atom is -0.495 e. The molecule has 5 nitrogen and oxygen atoms in total. The first-order chi connectivity index (χ1) is 12.7. The number of methoxy groups -OCH3 is 1. The average molecular weight is 410 g/mol. The fraction of sp³-hybridized carbons (Fsp3) is 0.150. The maximum absolute atomic E-state index is 11.1. The molecule has 0 radical (unpaired) electrons. The molecule has 0 saturated carbocycles. The summed E-state index contributed by atoms with van der Waals surface area (Å²) in [6, 6.07) is 15.3. The summed E-state index contributed by atoms with van der Waals surface area (Å²) >= 11 is 3.54. The van der Waals surface area contributed by atoms with E-state index in [9.17, 15) is 4.79 Å². The van der Waals surface area contributed by atoms with Gasteiger partial charge in [-0.2, -0.15) is 5.26 Å². The molecule has 130 valence electrons. The SMILES string of the molecule is COc1cc(Cc2nc(-c3ccccc3Br)c(CC=O)[nH]2)ccc1C#N. The van der Waals surface area contributed by atoms with Crippen LogP contribution in [0.5, 0.6) is 5.75 Å². The van der Waals surface area contributed by atoms with Crippen LogP contribution in [-0.2, 0) is 17.6 Å². The van der Waals surface area contributed by atoms with Crippen LogP contribution < -0.4 is 4.74 Å². The van der Waals surface area contributed by atoms with E-state index in [4.69, 9.17) is 15.0 Å². The topological polar surface area (TPSA) is 78.8 Å². The number of nitrogens with zero attached hydrogens (tertiary/aromatic N) is 2. The van der Waals surface area contributed by atoms with Crippen molar-refractivity contribution in [3.8, 4) is 23.1 Å². The maximum Gasteiger partial charge on any atom is 0.136 e. The zero-order valence-corrected chi connectivity index (χ0v) is 15.7. The minimum atomic E-state index is 0.264. The molecule has 0 atom stereocenters. The largest absolute Gasteiger partial charge is 0.495 e. The number of aldehydes is 1. The number of carbonyl (C=O) groups excluding carboxylic acids is 1. The number of rotatable bonds is 6. The molecule has 3 rings (SSSR count). The Hall–Kier alpha value is -2.91. The van der Waals surface area contributed by atoms with Crippen LogP contribution in [0, 0.1) is 11.3 Å². The highest BCUT2D eigenvalue weighted by Gasteiger charge is 2.15. The second-order valence-corrected chi connectivity index (χ2v) is 6.54. The average Bonchev–Trinajstić information content (AvgIpc) is 3.04. The molecular weight excluding hydrogens is 394 g/mol. The van der Waals surface area contributed by atoms with Gasteiger partial charge in [0.25, 0.3) is 0 Å². The second-order valence-electron chi connectivity index (χ2n) is 5.68. The molecule has 0 aliphatic heterocycles. The van der Waals surface area contributed by atoms with Gasteiger partial charge in [0.1, 0.15) is 23.9 Å². The van der Waals surface area contributed by atoms with Gasteiger partial charge in [-0.1, -0.05) is 40.2 Å². The van der Waals surface area contributed by atoms with Crippen LogP contribution in [0.1, 0.15) is 22.6 Å². The van der Waals surface area contributed by atoms with E-state index in [2.05, 4.69) is 27.0 Å². The number of ether oxygens (including phenoxy) is 1. The molecule has 1 heterocycles. The Balaban J connectivity index is 1.97. The van der Waals surface area contributed by atoms with Gasteiger partial charge < -0.3 is 14.5 Å². The third-order valence-corrected chi connectivity index (χ3v) is 4.69. The van der Waals surface area contributed by atoms with Gasteiger partial charge in [0.05, 0.1) is 18.4 Å². The minimum absolute atomic E-state index is 0.264. The molecule has 0 spiro atoms. The van der Waals surface area contributed by atoms with E-state index >= 15 is 0 Å². The quantitative estimate of drug-likeness (QED) is 0.622. The highest BCUT2D eigenvalue weighted by Crippen LogP contribution is 2.30. The van der Waals surface area contributed by atoms with Crippen molar-refractivity contribution in [3.05, 3.63) is 69.6 Å². The molecule has 0 unspecified atom stereocenters. The van der Waals surface area contributed by atoms with Crippen molar-refractivity contribution in [1.82, 2.24) is 9.97 Å². The fourth-order valence-electron chi connectivity index (χ4n) is 2.79. The van der Waals surface area contributed by atoms with Crippen molar-refractivity contribution in [2.24, 2.45) is 0 Å². The summed E-state index contributed by atoms with van der Waals surface area (Å²) in [6.45, 7) is 0. The lowest BCUT2D eigenvalue weighted by Gasteiger charge is -2.05. The smallest absolute Gasteiger partial charge is 0.136 e. The first-order valence-electron chi connectivity index (χ1n) is 7.99. The van der Waals surface area contributed by atoms with Crippen molar-refractivity contribution >= 4 is 22.2 Å². The second kappa shape index (κ2) is 7.98. The Kier molecular flexibility index (Phi) is 5.49. The van der Waals surface area contributed by atoms with Gasteiger partial charge in [-0.05, 0) is 23.8 Å². The predicted octanol–water partition coefficient (Wildman–Crippen LogP) is 4.05. The Morgan fingerprint density at radius 1 is 1.31 bits per heavy atom. The lowest BCUT2D eigenvalue weighted by molar-refractivity contribution is -0.107. The lowest BCUT2D eigenvalue weighted by atomic mass is 10.1. The van der Waals surface area contributed by atoms with Crippen LogP contribution in [0.3, 0.4) is 0 Å². The predicted molar refractivity (Wildman–Crippen MR) is 102 cm³/mol. The number of benzene rings is 2. The molecule has 6 heteroatoms. The van der Waals surface area contributed by atoms with E-state index in [1.807, 2.05) is 36.4 Å². The molecule has 2 aromatic carbocycles. The molecule has 0 fully saturated rings. The lowest BCUT2D eigenvalue weighted by Crippen LogP contribution is -1.95. The Labute approximate surface area is 159 Å². The standard InChI is InChI=1S/C20H16BrN3O2/c1-26-18-10-13(6-7-14(18)12-22)11-19-23-17(8-9-25)20(24-19)15-4-2-3-5-16(15)21/h2-7,9-10H,8,11H2,1H3,(H,23,24). The third kappa shape index (κ3) is 3.68. The fourth-order valence-corrected chi connectivity index (χ4v) is 3.26. The molecule has 0 amide bonds. The number of hydrogen-bond acceptors (Lipinski definition) is 4. The molecule has 0 aliphatic carbocycles. The third-order valence-electron chi connectivity index (χ3n) is 4.00. The number of imidazole rings is 1. The molecule has 1 N–H and O–H groups in total. The van der Waals surface area contributed by atoms with E-state index in [0.29, 0.717) is 17.7 Å². The van der Waals surface area contributed by atoms with Crippen LogP contribution in [0.25, 0.3) is 11.3 Å². The van der Waals surface area contributed by atoms with E-state index in [1.165, 1.54) is 0 Å². The van der Waals surface area contributed by atoms with Gasteiger partial charge in [-0.3, -0.25) is 0 Å².